The minimum absolute atomic E-state index is 0.0469. The van der Waals surface area contributed by atoms with Gasteiger partial charge in [-0.05, 0) is 31.7 Å². The lowest BCUT2D eigenvalue weighted by atomic mass is 9.86. The van der Waals surface area contributed by atoms with Gasteiger partial charge >= 0.3 is 0 Å². The minimum atomic E-state index is 0.0469. The normalized spacial score (nSPS) is 25.1. The van der Waals surface area contributed by atoms with Gasteiger partial charge in [-0.2, -0.15) is 0 Å². The molecule has 1 saturated carbocycles. The van der Waals surface area contributed by atoms with Gasteiger partial charge < -0.3 is 11.1 Å². The Morgan fingerprint density at radius 1 is 1.38 bits per heavy atom. The van der Waals surface area contributed by atoms with Crippen molar-refractivity contribution in [2.45, 2.75) is 31.7 Å². The van der Waals surface area contributed by atoms with Crippen molar-refractivity contribution in [1.29, 1.82) is 0 Å². The minimum Gasteiger partial charge on any atom is -0.328 e. The fourth-order valence-electron chi connectivity index (χ4n) is 1.97. The Morgan fingerprint density at radius 2 is 2.12 bits per heavy atom. The van der Waals surface area contributed by atoms with Crippen LogP contribution in [0.2, 0.25) is 0 Å². The molecule has 3 N–H and O–H groups in total. The standard InChI is InChI=1S/C11H16N4O/c12-9-3-1-8(2-4-9)11(16)15-10-5-6-13-7-14-10/h5-9H,1-4,12H2,(H,13,14,15,16). The van der Waals surface area contributed by atoms with Crippen LogP contribution >= 0.6 is 0 Å². The molecule has 1 aliphatic rings. The molecule has 5 heteroatoms. The molecule has 0 aliphatic heterocycles. The first-order valence-electron chi connectivity index (χ1n) is 5.58. The number of aromatic nitrogens is 2. The molecular weight excluding hydrogens is 204 g/mol. The van der Waals surface area contributed by atoms with Gasteiger partial charge in [-0.3, -0.25) is 4.79 Å². The highest BCUT2D eigenvalue weighted by molar-refractivity contribution is 5.91. The highest BCUT2D eigenvalue weighted by Gasteiger charge is 2.24. The zero-order valence-electron chi connectivity index (χ0n) is 9.10. The molecule has 0 unspecified atom stereocenters. The van der Waals surface area contributed by atoms with E-state index in [1.807, 2.05) is 0 Å². The monoisotopic (exact) mass is 220 g/mol. The number of anilines is 1. The molecule has 0 radical (unpaired) electrons. The van der Waals surface area contributed by atoms with Crippen molar-refractivity contribution >= 4 is 11.7 Å². The lowest BCUT2D eigenvalue weighted by Gasteiger charge is -2.24. The smallest absolute Gasteiger partial charge is 0.228 e. The summed E-state index contributed by atoms with van der Waals surface area (Å²) < 4.78 is 0. The van der Waals surface area contributed by atoms with Crippen LogP contribution in [-0.2, 0) is 4.79 Å². The third-order valence-corrected chi connectivity index (χ3v) is 2.98. The number of nitrogens with two attached hydrogens (primary N) is 1. The van der Waals surface area contributed by atoms with Crippen molar-refractivity contribution in [3.8, 4) is 0 Å². The lowest BCUT2D eigenvalue weighted by molar-refractivity contribution is -0.120. The van der Waals surface area contributed by atoms with Crippen molar-refractivity contribution in [3.05, 3.63) is 18.6 Å². The highest BCUT2D eigenvalue weighted by atomic mass is 16.1. The van der Waals surface area contributed by atoms with Crippen molar-refractivity contribution < 1.29 is 4.79 Å². The second kappa shape index (κ2) is 5.03. The van der Waals surface area contributed by atoms with E-state index in [2.05, 4.69) is 15.3 Å². The second-order valence-corrected chi connectivity index (χ2v) is 4.20. The number of nitrogens with one attached hydrogen (secondary N) is 1. The molecule has 0 spiro atoms. The lowest BCUT2D eigenvalue weighted by Crippen LogP contribution is -2.32. The molecule has 0 aromatic carbocycles. The van der Waals surface area contributed by atoms with E-state index in [1.165, 1.54) is 6.33 Å². The van der Waals surface area contributed by atoms with E-state index in [0.29, 0.717) is 5.82 Å². The number of nitrogens with zero attached hydrogens (tertiary/aromatic N) is 2. The van der Waals surface area contributed by atoms with Gasteiger partial charge in [-0.1, -0.05) is 0 Å². The molecule has 16 heavy (non-hydrogen) atoms. The summed E-state index contributed by atoms with van der Waals surface area (Å²) in [5.74, 6) is 0.690. The van der Waals surface area contributed by atoms with Crippen LogP contribution < -0.4 is 11.1 Å². The van der Waals surface area contributed by atoms with Crippen LogP contribution in [0.25, 0.3) is 0 Å². The van der Waals surface area contributed by atoms with Crippen LogP contribution in [0.15, 0.2) is 18.6 Å². The summed E-state index contributed by atoms with van der Waals surface area (Å²) in [6, 6.07) is 1.95. The van der Waals surface area contributed by atoms with E-state index >= 15 is 0 Å². The summed E-state index contributed by atoms with van der Waals surface area (Å²) in [4.78, 5) is 19.6. The largest absolute Gasteiger partial charge is 0.328 e. The predicted molar refractivity (Wildman–Crippen MR) is 60.6 cm³/mol. The summed E-state index contributed by atoms with van der Waals surface area (Å²) >= 11 is 0. The van der Waals surface area contributed by atoms with Gasteiger partial charge in [0, 0.05) is 18.2 Å². The Balaban J connectivity index is 1.89. The van der Waals surface area contributed by atoms with Crippen molar-refractivity contribution in [3.63, 3.8) is 0 Å². The first kappa shape index (κ1) is 11.0. The topological polar surface area (TPSA) is 80.9 Å². The summed E-state index contributed by atoms with van der Waals surface area (Å²) in [6.45, 7) is 0. The Kier molecular flexibility index (Phi) is 3.46. The molecule has 1 amide bonds. The van der Waals surface area contributed by atoms with Gasteiger partial charge in [0.25, 0.3) is 0 Å². The maximum absolute atomic E-state index is 11.9. The van der Waals surface area contributed by atoms with E-state index in [0.717, 1.165) is 25.7 Å². The molecule has 1 fully saturated rings. The summed E-state index contributed by atoms with van der Waals surface area (Å²) in [7, 11) is 0. The van der Waals surface area contributed by atoms with Gasteiger partial charge in [0.05, 0.1) is 0 Å². The molecule has 86 valence electrons. The summed E-state index contributed by atoms with van der Waals surface area (Å²) in [5.41, 5.74) is 5.80. The Bertz CT molecular complexity index is 346. The van der Waals surface area contributed by atoms with E-state index in [9.17, 15) is 4.79 Å². The number of hydrogen-bond donors (Lipinski definition) is 2. The van der Waals surface area contributed by atoms with Crippen LogP contribution in [0.3, 0.4) is 0 Å². The molecule has 2 rings (SSSR count). The zero-order chi connectivity index (χ0) is 11.4. The quantitative estimate of drug-likeness (QED) is 0.777. The van der Waals surface area contributed by atoms with Crippen LogP contribution in [0.1, 0.15) is 25.7 Å². The van der Waals surface area contributed by atoms with Gasteiger partial charge in [-0.25, -0.2) is 9.97 Å². The molecule has 0 bridgehead atoms. The third kappa shape index (κ3) is 2.76. The number of rotatable bonds is 2. The van der Waals surface area contributed by atoms with E-state index in [1.54, 1.807) is 12.3 Å². The maximum atomic E-state index is 11.9. The summed E-state index contributed by atoms with van der Waals surface area (Å²) in [6.07, 6.45) is 6.64. The van der Waals surface area contributed by atoms with E-state index in [4.69, 9.17) is 5.73 Å². The molecule has 5 nitrogen and oxygen atoms in total. The van der Waals surface area contributed by atoms with Gasteiger partial charge in [-0.15, -0.1) is 0 Å². The number of amides is 1. The molecule has 0 atom stereocenters. The summed E-state index contributed by atoms with van der Waals surface area (Å²) in [5, 5.41) is 2.80. The average molecular weight is 220 g/mol. The first-order valence-corrected chi connectivity index (χ1v) is 5.58. The van der Waals surface area contributed by atoms with Crippen molar-refractivity contribution in [2.75, 3.05) is 5.32 Å². The Labute approximate surface area is 94.5 Å². The zero-order valence-corrected chi connectivity index (χ0v) is 9.10. The fourth-order valence-corrected chi connectivity index (χ4v) is 1.97. The highest BCUT2D eigenvalue weighted by Crippen LogP contribution is 2.24. The number of carbonyl (C=O) groups is 1. The molecular formula is C11H16N4O. The molecule has 1 aliphatic carbocycles. The van der Waals surface area contributed by atoms with Gasteiger partial charge in [0.15, 0.2) is 0 Å². The predicted octanol–water partition coefficient (Wildman–Crippen LogP) is 0.933. The molecule has 1 aromatic heterocycles. The van der Waals surface area contributed by atoms with Crippen molar-refractivity contribution in [1.82, 2.24) is 9.97 Å². The Hall–Kier alpha value is -1.49. The fraction of sp³-hybridized carbons (Fsp3) is 0.545. The maximum Gasteiger partial charge on any atom is 0.228 e. The van der Waals surface area contributed by atoms with Crippen LogP contribution in [0.4, 0.5) is 5.82 Å². The average Bonchev–Trinajstić information content (AvgIpc) is 2.31. The Morgan fingerprint density at radius 3 is 2.75 bits per heavy atom. The third-order valence-electron chi connectivity index (χ3n) is 2.98. The molecule has 0 saturated heterocycles. The van der Waals surface area contributed by atoms with Crippen LogP contribution in [0.5, 0.6) is 0 Å². The van der Waals surface area contributed by atoms with Gasteiger partial charge in [0.2, 0.25) is 5.91 Å². The number of carbonyl (C=O) groups excluding carboxylic acids is 1. The van der Waals surface area contributed by atoms with Crippen LogP contribution in [0, 0.1) is 5.92 Å². The molecule has 1 heterocycles. The molecule has 1 aromatic rings. The van der Waals surface area contributed by atoms with E-state index < -0.39 is 0 Å². The SMILES string of the molecule is NC1CCC(C(=O)Nc2ccncn2)CC1. The second-order valence-electron chi connectivity index (χ2n) is 4.20. The number of hydrogen-bond acceptors (Lipinski definition) is 4. The van der Waals surface area contributed by atoms with Crippen molar-refractivity contribution in [2.24, 2.45) is 11.7 Å². The van der Waals surface area contributed by atoms with E-state index in [-0.39, 0.29) is 17.9 Å². The van der Waals surface area contributed by atoms with Gasteiger partial charge in [0.1, 0.15) is 12.1 Å². The first-order chi connectivity index (χ1) is 7.75. The van der Waals surface area contributed by atoms with Crippen LogP contribution in [-0.4, -0.2) is 21.9 Å².